The number of nitrogens with zero attached hydrogens (tertiary/aromatic N) is 2. The predicted octanol–water partition coefficient (Wildman–Crippen LogP) is 3.78. The second kappa shape index (κ2) is 7.21. The summed E-state index contributed by atoms with van der Waals surface area (Å²) in [5.41, 5.74) is 1.23. The molecule has 1 aromatic heterocycles. The number of hydrogen-bond acceptors (Lipinski definition) is 5. The molecule has 0 fully saturated rings. The van der Waals surface area contributed by atoms with Crippen molar-refractivity contribution in [3.63, 3.8) is 0 Å². The maximum atomic E-state index is 11.1. The fourth-order valence-corrected chi connectivity index (χ4v) is 2.45. The van der Waals surface area contributed by atoms with Crippen LogP contribution in [-0.4, -0.2) is 24.1 Å². The number of nitro benzene ring substituents is 1. The van der Waals surface area contributed by atoms with Gasteiger partial charge in [-0.15, -0.1) is 0 Å². The van der Waals surface area contributed by atoms with Gasteiger partial charge in [-0.05, 0) is 52.9 Å². The molecule has 0 N–H and O–H groups in total. The summed E-state index contributed by atoms with van der Waals surface area (Å²) in [6.45, 7) is 0. The highest BCUT2D eigenvalue weighted by Crippen LogP contribution is 2.28. The highest BCUT2D eigenvalue weighted by atomic mass is 127. The lowest BCUT2D eigenvalue weighted by molar-refractivity contribution is -0.385. The van der Waals surface area contributed by atoms with E-state index in [9.17, 15) is 10.1 Å². The fraction of sp³-hybridized carbons (Fsp3) is 0.133. The summed E-state index contributed by atoms with van der Waals surface area (Å²) >= 11 is 2.16. The van der Waals surface area contributed by atoms with Gasteiger partial charge in [0.25, 0.3) is 5.69 Å². The fourth-order valence-electron chi connectivity index (χ4n) is 1.88. The van der Waals surface area contributed by atoms with Crippen molar-refractivity contribution in [3.05, 3.63) is 55.3 Å². The summed E-state index contributed by atoms with van der Waals surface area (Å²) in [5.74, 6) is 1.02. The second-order valence-corrected chi connectivity index (χ2v) is 5.39. The molecule has 0 aliphatic rings. The molecular weight excluding hydrogens is 399 g/mol. The quantitative estimate of drug-likeness (QED) is 0.425. The standard InChI is InChI=1S/C15H13IN2O4/c1-21-11-4-6-14(18(19)20)10(9-11)3-5-12-13(16)7-8-17-15(12)22-2/h3-9H,1-2H3/b5-3+. The zero-order chi connectivity index (χ0) is 16.1. The SMILES string of the molecule is COc1ccc([N+](=O)[O-])c(/C=C/c2c(I)ccnc2OC)c1. The van der Waals surface area contributed by atoms with Crippen LogP contribution in [0.15, 0.2) is 30.5 Å². The lowest BCUT2D eigenvalue weighted by atomic mass is 10.1. The van der Waals surface area contributed by atoms with Crippen LogP contribution < -0.4 is 9.47 Å². The van der Waals surface area contributed by atoms with Crippen LogP contribution in [0.1, 0.15) is 11.1 Å². The van der Waals surface area contributed by atoms with Crippen molar-refractivity contribution in [3.8, 4) is 11.6 Å². The van der Waals surface area contributed by atoms with Crippen LogP contribution in [0, 0.1) is 13.7 Å². The van der Waals surface area contributed by atoms with Gasteiger partial charge >= 0.3 is 0 Å². The lowest BCUT2D eigenvalue weighted by Crippen LogP contribution is -1.94. The van der Waals surface area contributed by atoms with Crippen molar-refractivity contribution in [1.29, 1.82) is 0 Å². The number of benzene rings is 1. The Bertz CT molecular complexity index is 731. The van der Waals surface area contributed by atoms with E-state index in [1.165, 1.54) is 20.3 Å². The van der Waals surface area contributed by atoms with Crippen LogP contribution >= 0.6 is 22.6 Å². The van der Waals surface area contributed by atoms with Gasteiger partial charge in [-0.25, -0.2) is 4.98 Å². The molecule has 22 heavy (non-hydrogen) atoms. The first-order valence-corrected chi connectivity index (χ1v) is 7.33. The van der Waals surface area contributed by atoms with Gasteiger partial charge in [0.15, 0.2) is 0 Å². The summed E-state index contributed by atoms with van der Waals surface area (Å²) in [6, 6.07) is 6.43. The van der Waals surface area contributed by atoms with Gasteiger partial charge in [0.2, 0.25) is 5.88 Å². The number of hydrogen-bond donors (Lipinski definition) is 0. The van der Waals surface area contributed by atoms with E-state index in [-0.39, 0.29) is 5.69 Å². The van der Waals surface area contributed by atoms with Gasteiger partial charge in [0, 0.05) is 15.8 Å². The van der Waals surface area contributed by atoms with Gasteiger partial charge in [-0.2, -0.15) is 0 Å². The van der Waals surface area contributed by atoms with Crippen LogP contribution in [0.2, 0.25) is 0 Å². The van der Waals surface area contributed by atoms with Crippen LogP contribution in [0.3, 0.4) is 0 Å². The zero-order valence-electron chi connectivity index (χ0n) is 11.9. The average Bonchev–Trinajstić information content (AvgIpc) is 2.52. The third-order valence-electron chi connectivity index (χ3n) is 2.95. The van der Waals surface area contributed by atoms with Crippen molar-refractivity contribution in [2.24, 2.45) is 0 Å². The second-order valence-electron chi connectivity index (χ2n) is 4.23. The topological polar surface area (TPSA) is 74.5 Å². The van der Waals surface area contributed by atoms with Crippen molar-refractivity contribution in [2.45, 2.75) is 0 Å². The van der Waals surface area contributed by atoms with Crippen molar-refractivity contribution < 1.29 is 14.4 Å². The summed E-state index contributed by atoms with van der Waals surface area (Å²) in [7, 11) is 3.05. The number of aromatic nitrogens is 1. The maximum absolute atomic E-state index is 11.1. The zero-order valence-corrected chi connectivity index (χ0v) is 14.1. The highest BCUT2D eigenvalue weighted by Gasteiger charge is 2.13. The van der Waals surface area contributed by atoms with Crippen molar-refractivity contribution >= 4 is 40.4 Å². The molecule has 2 aromatic rings. The summed E-state index contributed by atoms with van der Waals surface area (Å²) < 4.78 is 11.3. The largest absolute Gasteiger partial charge is 0.497 e. The minimum atomic E-state index is -0.426. The third kappa shape index (κ3) is 3.53. The number of nitro groups is 1. The first-order valence-electron chi connectivity index (χ1n) is 6.26. The number of methoxy groups -OCH3 is 2. The molecule has 1 heterocycles. The van der Waals surface area contributed by atoms with E-state index < -0.39 is 4.92 Å². The summed E-state index contributed by atoms with van der Waals surface area (Å²) in [4.78, 5) is 14.8. The van der Waals surface area contributed by atoms with Crippen LogP contribution in [0.4, 0.5) is 5.69 Å². The lowest BCUT2D eigenvalue weighted by Gasteiger charge is -2.06. The normalized spacial score (nSPS) is 10.7. The first-order chi connectivity index (χ1) is 10.6. The van der Waals surface area contributed by atoms with Crippen LogP contribution in [0.25, 0.3) is 12.2 Å². The predicted molar refractivity (Wildman–Crippen MR) is 92.1 cm³/mol. The maximum Gasteiger partial charge on any atom is 0.276 e. The molecule has 1 aromatic carbocycles. The van der Waals surface area contributed by atoms with Crippen molar-refractivity contribution in [1.82, 2.24) is 4.98 Å². The van der Waals surface area contributed by atoms with E-state index in [0.29, 0.717) is 17.2 Å². The molecule has 0 radical (unpaired) electrons. The molecule has 0 unspecified atom stereocenters. The highest BCUT2D eigenvalue weighted by molar-refractivity contribution is 14.1. The van der Waals surface area contributed by atoms with Crippen LogP contribution in [0.5, 0.6) is 11.6 Å². The molecule has 0 spiro atoms. The van der Waals surface area contributed by atoms with E-state index in [2.05, 4.69) is 27.6 Å². The molecule has 0 aliphatic heterocycles. The molecule has 6 nitrogen and oxygen atoms in total. The number of ether oxygens (including phenoxy) is 2. The Hall–Kier alpha value is -2.16. The summed E-state index contributed by atoms with van der Waals surface area (Å²) in [6.07, 6.45) is 5.05. The molecular formula is C15H13IN2O4. The third-order valence-corrected chi connectivity index (χ3v) is 3.90. The van der Waals surface area contributed by atoms with Gasteiger partial charge in [-0.3, -0.25) is 10.1 Å². The van der Waals surface area contributed by atoms with E-state index >= 15 is 0 Å². The van der Waals surface area contributed by atoms with Crippen LogP contribution in [-0.2, 0) is 0 Å². The Kier molecular flexibility index (Phi) is 5.31. The Morgan fingerprint density at radius 3 is 2.64 bits per heavy atom. The molecule has 0 bridgehead atoms. The summed E-state index contributed by atoms with van der Waals surface area (Å²) in [5, 5.41) is 11.1. The molecule has 2 rings (SSSR count). The smallest absolute Gasteiger partial charge is 0.276 e. The molecule has 0 atom stereocenters. The first kappa shape index (κ1) is 16.2. The molecule has 0 saturated carbocycles. The minimum Gasteiger partial charge on any atom is -0.497 e. The molecule has 7 heteroatoms. The Morgan fingerprint density at radius 1 is 1.23 bits per heavy atom. The van der Waals surface area contributed by atoms with E-state index in [4.69, 9.17) is 9.47 Å². The van der Waals surface area contributed by atoms with Gasteiger partial charge in [-0.1, -0.05) is 0 Å². The Morgan fingerprint density at radius 2 is 2.00 bits per heavy atom. The Labute approximate surface area is 141 Å². The van der Waals surface area contributed by atoms with E-state index in [1.807, 2.05) is 6.07 Å². The molecule has 114 valence electrons. The Balaban J connectivity index is 2.48. The number of pyridine rings is 1. The molecule has 0 saturated heterocycles. The molecule has 0 aliphatic carbocycles. The van der Waals surface area contributed by atoms with E-state index in [0.717, 1.165) is 9.13 Å². The van der Waals surface area contributed by atoms with Gasteiger partial charge in [0.05, 0.1) is 30.3 Å². The monoisotopic (exact) mass is 412 g/mol. The van der Waals surface area contributed by atoms with Gasteiger partial charge in [0.1, 0.15) is 5.75 Å². The number of rotatable bonds is 5. The van der Waals surface area contributed by atoms with Crippen molar-refractivity contribution in [2.75, 3.05) is 14.2 Å². The average molecular weight is 412 g/mol. The molecule has 0 amide bonds. The number of halogens is 1. The minimum absolute atomic E-state index is 0.00918. The van der Waals surface area contributed by atoms with Gasteiger partial charge < -0.3 is 9.47 Å². The van der Waals surface area contributed by atoms with E-state index in [1.54, 1.807) is 30.5 Å².